The summed E-state index contributed by atoms with van der Waals surface area (Å²) in [5, 5.41) is 15.4. The predicted molar refractivity (Wildman–Crippen MR) is 69.4 cm³/mol. The van der Waals surface area contributed by atoms with Gasteiger partial charge in [0, 0.05) is 10.9 Å². The molecule has 1 unspecified atom stereocenters. The molecule has 100 valence electrons. The lowest BCUT2D eigenvalue weighted by Crippen LogP contribution is -2.09. The zero-order valence-electron chi connectivity index (χ0n) is 9.89. The maximum Gasteiger partial charge on any atom is 0.298 e. The smallest absolute Gasteiger partial charge is 0.298 e. The van der Waals surface area contributed by atoms with Crippen LogP contribution < -0.4 is 5.32 Å². The average molecular weight is 284 g/mol. The molecule has 1 aromatic carbocycles. The van der Waals surface area contributed by atoms with Crippen LogP contribution in [0.4, 0.5) is 20.2 Å². The van der Waals surface area contributed by atoms with Crippen molar-refractivity contribution in [2.24, 2.45) is 0 Å². The molecule has 1 atom stereocenters. The van der Waals surface area contributed by atoms with Crippen molar-refractivity contribution in [2.45, 2.75) is 13.0 Å². The summed E-state index contributed by atoms with van der Waals surface area (Å²) in [6.07, 6.45) is 0. The molecule has 0 radical (unpaired) electrons. The second kappa shape index (κ2) is 5.31. The van der Waals surface area contributed by atoms with E-state index < -0.39 is 22.2 Å². The van der Waals surface area contributed by atoms with Crippen molar-refractivity contribution in [3.8, 4) is 0 Å². The maximum atomic E-state index is 13.7. The molecule has 2 aromatic rings. The van der Waals surface area contributed by atoms with Gasteiger partial charge in [-0.15, -0.1) is 11.3 Å². The first-order valence-electron chi connectivity index (χ1n) is 5.42. The first kappa shape index (κ1) is 13.4. The van der Waals surface area contributed by atoms with Crippen molar-refractivity contribution in [1.82, 2.24) is 0 Å². The number of hydrogen-bond donors (Lipinski definition) is 1. The fourth-order valence-corrected chi connectivity index (χ4v) is 2.41. The fourth-order valence-electron chi connectivity index (χ4n) is 1.67. The highest BCUT2D eigenvalue weighted by atomic mass is 32.1. The number of nitrogens with zero attached hydrogens (tertiary/aromatic N) is 1. The lowest BCUT2D eigenvalue weighted by atomic mass is 10.2. The van der Waals surface area contributed by atoms with Crippen molar-refractivity contribution in [3.63, 3.8) is 0 Å². The summed E-state index contributed by atoms with van der Waals surface area (Å²) in [5.41, 5.74) is -0.909. The van der Waals surface area contributed by atoms with Crippen LogP contribution in [-0.2, 0) is 0 Å². The summed E-state index contributed by atoms with van der Waals surface area (Å²) >= 11 is 1.44. The molecule has 2 rings (SSSR count). The Bertz CT molecular complexity index is 602. The fraction of sp³-hybridized carbons (Fsp3) is 0.167. The predicted octanol–water partition coefficient (Wildman–Crippen LogP) is 4.11. The number of hydrogen-bond acceptors (Lipinski definition) is 4. The minimum absolute atomic E-state index is 0.299. The van der Waals surface area contributed by atoms with Crippen LogP contribution in [0.3, 0.4) is 0 Å². The summed E-state index contributed by atoms with van der Waals surface area (Å²) in [7, 11) is 0. The van der Waals surface area contributed by atoms with E-state index in [1.807, 2.05) is 17.5 Å². The van der Waals surface area contributed by atoms with Crippen LogP contribution in [0.1, 0.15) is 17.8 Å². The average Bonchev–Trinajstić information content (AvgIpc) is 2.85. The Balaban J connectivity index is 2.36. The van der Waals surface area contributed by atoms with E-state index in [0.717, 1.165) is 4.88 Å². The van der Waals surface area contributed by atoms with Gasteiger partial charge in [-0.25, -0.2) is 8.78 Å². The van der Waals surface area contributed by atoms with Crippen LogP contribution in [0, 0.1) is 21.7 Å². The number of rotatable bonds is 4. The number of nitro groups is 1. The highest BCUT2D eigenvalue weighted by Gasteiger charge is 2.22. The highest BCUT2D eigenvalue weighted by molar-refractivity contribution is 7.10. The molecule has 0 aliphatic rings. The number of benzene rings is 1. The molecular weight excluding hydrogens is 274 g/mol. The summed E-state index contributed by atoms with van der Waals surface area (Å²) < 4.78 is 26.7. The number of halogens is 2. The van der Waals surface area contributed by atoms with Crippen molar-refractivity contribution in [2.75, 3.05) is 5.32 Å². The first-order chi connectivity index (χ1) is 8.99. The van der Waals surface area contributed by atoms with Crippen LogP contribution in [0.15, 0.2) is 29.6 Å². The van der Waals surface area contributed by atoms with Gasteiger partial charge in [0.05, 0.1) is 17.0 Å². The number of nitro benzene ring substituents is 1. The zero-order chi connectivity index (χ0) is 14.0. The van der Waals surface area contributed by atoms with Gasteiger partial charge in [0.2, 0.25) is 0 Å². The van der Waals surface area contributed by atoms with Gasteiger partial charge >= 0.3 is 0 Å². The van der Waals surface area contributed by atoms with Crippen LogP contribution in [0.25, 0.3) is 0 Å². The molecule has 0 aliphatic heterocycles. The molecule has 0 amide bonds. The van der Waals surface area contributed by atoms with Crippen LogP contribution >= 0.6 is 11.3 Å². The van der Waals surface area contributed by atoms with E-state index in [2.05, 4.69) is 5.32 Å². The summed E-state index contributed by atoms with van der Waals surface area (Å²) in [6, 6.07) is 4.67. The van der Waals surface area contributed by atoms with Crippen molar-refractivity contribution in [3.05, 3.63) is 56.3 Å². The topological polar surface area (TPSA) is 55.2 Å². The molecule has 0 saturated heterocycles. The molecule has 4 nitrogen and oxygen atoms in total. The largest absolute Gasteiger partial charge is 0.370 e. The molecule has 0 bridgehead atoms. The van der Waals surface area contributed by atoms with Crippen LogP contribution in [-0.4, -0.2) is 4.92 Å². The molecule has 0 spiro atoms. The lowest BCUT2D eigenvalue weighted by molar-refractivity contribution is -0.384. The van der Waals surface area contributed by atoms with Gasteiger partial charge in [-0.2, -0.15) is 0 Å². The lowest BCUT2D eigenvalue weighted by Gasteiger charge is -2.14. The minimum atomic E-state index is -0.977. The van der Waals surface area contributed by atoms with E-state index in [-0.39, 0.29) is 11.7 Å². The summed E-state index contributed by atoms with van der Waals surface area (Å²) in [5.74, 6) is -1.95. The Morgan fingerprint density at radius 3 is 2.74 bits per heavy atom. The third-order valence-electron chi connectivity index (χ3n) is 2.56. The molecular formula is C12H10F2N2O2S. The van der Waals surface area contributed by atoms with Crippen LogP contribution in [0.5, 0.6) is 0 Å². The third-order valence-corrected chi connectivity index (χ3v) is 3.62. The van der Waals surface area contributed by atoms with E-state index in [4.69, 9.17) is 0 Å². The second-order valence-electron chi connectivity index (χ2n) is 3.92. The van der Waals surface area contributed by atoms with Gasteiger partial charge in [0.15, 0.2) is 5.82 Å². The molecule has 1 N–H and O–H groups in total. The van der Waals surface area contributed by atoms with E-state index >= 15 is 0 Å². The Labute approximate surface area is 111 Å². The Hall–Kier alpha value is -2.02. The van der Waals surface area contributed by atoms with Crippen LogP contribution in [0.2, 0.25) is 0 Å². The second-order valence-corrected chi connectivity index (χ2v) is 4.90. The molecule has 0 fully saturated rings. The first-order valence-corrected chi connectivity index (χ1v) is 6.30. The monoisotopic (exact) mass is 284 g/mol. The van der Waals surface area contributed by atoms with Gasteiger partial charge in [0.1, 0.15) is 11.5 Å². The molecule has 1 aromatic heterocycles. The molecule has 1 heterocycles. The van der Waals surface area contributed by atoms with Gasteiger partial charge < -0.3 is 5.32 Å². The van der Waals surface area contributed by atoms with Gasteiger partial charge in [-0.05, 0) is 18.4 Å². The summed E-state index contributed by atoms with van der Waals surface area (Å²) in [4.78, 5) is 10.9. The van der Waals surface area contributed by atoms with Gasteiger partial charge in [-0.3, -0.25) is 10.1 Å². The van der Waals surface area contributed by atoms with Crippen molar-refractivity contribution in [1.29, 1.82) is 0 Å². The van der Waals surface area contributed by atoms with Crippen molar-refractivity contribution < 1.29 is 13.7 Å². The molecule has 0 aliphatic carbocycles. The quantitative estimate of drug-likeness (QED) is 0.679. The molecule has 7 heteroatoms. The highest BCUT2D eigenvalue weighted by Crippen LogP contribution is 2.32. The normalized spacial score (nSPS) is 12.2. The number of nitrogens with one attached hydrogen (secondary N) is 1. The van der Waals surface area contributed by atoms with E-state index in [1.165, 1.54) is 11.3 Å². The standard InChI is InChI=1S/C12H10F2N2O2S/c1-7(11-3-2-4-19-11)15-12-9(14)5-8(13)6-10(12)16(17)18/h2-7,15H,1H3. The minimum Gasteiger partial charge on any atom is -0.370 e. The van der Waals surface area contributed by atoms with E-state index in [9.17, 15) is 18.9 Å². The Kier molecular flexibility index (Phi) is 3.75. The van der Waals surface area contributed by atoms with E-state index in [1.54, 1.807) is 6.92 Å². The Morgan fingerprint density at radius 1 is 1.42 bits per heavy atom. The maximum absolute atomic E-state index is 13.7. The number of anilines is 1. The van der Waals surface area contributed by atoms with Crippen molar-refractivity contribution >= 4 is 22.7 Å². The number of thiophene rings is 1. The SMILES string of the molecule is CC(Nc1c(F)cc(F)cc1[N+](=O)[O-])c1cccs1. The zero-order valence-corrected chi connectivity index (χ0v) is 10.7. The third kappa shape index (κ3) is 2.87. The van der Waals surface area contributed by atoms with Gasteiger partial charge in [0.25, 0.3) is 5.69 Å². The van der Waals surface area contributed by atoms with Gasteiger partial charge in [-0.1, -0.05) is 6.07 Å². The molecule has 0 saturated carbocycles. The Morgan fingerprint density at radius 2 is 2.16 bits per heavy atom. The summed E-state index contributed by atoms with van der Waals surface area (Å²) in [6.45, 7) is 1.75. The molecule has 19 heavy (non-hydrogen) atoms. The van der Waals surface area contributed by atoms with E-state index in [0.29, 0.717) is 12.1 Å².